The molecule has 0 radical (unpaired) electrons. The second-order valence-corrected chi connectivity index (χ2v) is 5.79. The molecule has 110 valence electrons. The number of rotatable bonds is 2. The predicted octanol–water partition coefficient (Wildman–Crippen LogP) is 1.87. The van der Waals surface area contributed by atoms with Crippen molar-refractivity contribution < 1.29 is 20.3 Å². The molecule has 0 aromatic carbocycles. The van der Waals surface area contributed by atoms with E-state index >= 15 is 0 Å². The zero-order valence-corrected chi connectivity index (χ0v) is 12.2. The highest BCUT2D eigenvalue weighted by Gasteiger charge is 2.52. The summed E-state index contributed by atoms with van der Waals surface area (Å²) < 4.78 is 75.9. The fourth-order valence-electron chi connectivity index (χ4n) is 1.91. The van der Waals surface area contributed by atoms with Crippen molar-refractivity contribution >= 4 is 12.7 Å². The van der Waals surface area contributed by atoms with E-state index in [1.54, 1.807) is 27.7 Å². The van der Waals surface area contributed by atoms with Crippen molar-refractivity contribution in [3.05, 3.63) is 36.4 Å². The SMILES string of the molecule is [2H]c1nc([2H])c(-n2c(C([2H])([2H])[2H])nc(B3OC(C)(C)C(C)(C)O3)c2[2H])c([2H])c1[2H]. The molecule has 1 aliphatic rings. The third-order valence-electron chi connectivity index (χ3n) is 3.82. The molecule has 0 amide bonds. The van der Waals surface area contributed by atoms with Gasteiger partial charge in [0, 0.05) is 16.5 Å². The molecule has 2 aromatic rings. The number of hydrogen-bond acceptors (Lipinski definition) is 4. The summed E-state index contributed by atoms with van der Waals surface area (Å²) >= 11 is 0. The van der Waals surface area contributed by atoms with Crippen LogP contribution in [0.25, 0.3) is 5.69 Å². The molecule has 3 heterocycles. The minimum Gasteiger partial charge on any atom is -0.398 e. The van der Waals surface area contributed by atoms with E-state index in [9.17, 15) is 0 Å². The van der Waals surface area contributed by atoms with Gasteiger partial charge in [-0.15, -0.1) is 0 Å². The number of hydrogen-bond donors (Lipinski definition) is 0. The highest BCUT2D eigenvalue weighted by molar-refractivity contribution is 6.61. The average molecular weight is 293 g/mol. The summed E-state index contributed by atoms with van der Waals surface area (Å²) in [5.74, 6) is -0.576. The lowest BCUT2D eigenvalue weighted by molar-refractivity contribution is 0.00578. The number of imidazole rings is 1. The largest absolute Gasteiger partial charge is 0.516 e. The van der Waals surface area contributed by atoms with Gasteiger partial charge in [0.05, 0.1) is 35.5 Å². The molecule has 1 saturated heterocycles. The van der Waals surface area contributed by atoms with E-state index in [0.717, 1.165) is 4.57 Å². The smallest absolute Gasteiger partial charge is 0.398 e. The maximum absolute atomic E-state index is 8.51. The first kappa shape index (κ1) is 7.56. The van der Waals surface area contributed by atoms with Crippen molar-refractivity contribution in [3.63, 3.8) is 0 Å². The summed E-state index contributed by atoms with van der Waals surface area (Å²) in [6.45, 7) is 4.39. The quantitative estimate of drug-likeness (QED) is 0.793. The molecule has 0 aliphatic carbocycles. The van der Waals surface area contributed by atoms with E-state index in [0.29, 0.717) is 0 Å². The summed E-state index contributed by atoms with van der Waals surface area (Å²) in [7, 11) is -1.13. The van der Waals surface area contributed by atoms with Gasteiger partial charge in [-0.2, -0.15) is 0 Å². The normalized spacial score (nSPS) is 26.0. The number of pyridine rings is 1. The Labute approximate surface area is 136 Å². The van der Waals surface area contributed by atoms with Crippen LogP contribution in [0.3, 0.4) is 0 Å². The Morgan fingerprint density at radius 3 is 2.67 bits per heavy atom. The van der Waals surface area contributed by atoms with Gasteiger partial charge in [0.2, 0.25) is 0 Å². The Kier molecular flexibility index (Phi) is 1.68. The molecular weight excluding hydrogens is 265 g/mol. The van der Waals surface area contributed by atoms with Gasteiger partial charge in [-0.1, -0.05) is 0 Å². The third-order valence-corrected chi connectivity index (χ3v) is 3.82. The Bertz CT molecular complexity index is 973. The van der Waals surface area contributed by atoms with Crippen LogP contribution in [-0.4, -0.2) is 32.9 Å². The minimum absolute atomic E-state index is 0.116. The molecule has 0 spiro atoms. The van der Waals surface area contributed by atoms with Crippen LogP contribution in [0.2, 0.25) is 0 Å². The van der Waals surface area contributed by atoms with E-state index in [1.807, 2.05) is 0 Å². The first-order chi connectivity index (χ1) is 13.1. The maximum Gasteiger partial charge on any atom is 0.516 e. The lowest BCUT2D eigenvalue weighted by atomic mass is 9.86. The van der Waals surface area contributed by atoms with Crippen molar-refractivity contribution in [1.29, 1.82) is 0 Å². The van der Waals surface area contributed by atoms with E-state index in [-0.39, 0.29) is 5.59 Å². The fraction of sp³-hybridized carbons (Fsp3) is 0.467. The van der Waals surface area contributed by atoms with E-state index in [4.69, 9.17) is 20.3 Å². The topological polar surface area (TPSA) is 49.2 Å². The van der Waals surface area contributed by atoms with Crippen molar-refractivity contribution in [2.45, 2.75) is 45.7 Å². The van der Waals surface area contributed by atoms with Crippen LogP contribution in [0, 0.1) is 6.85 Å². The summed E-state index contributed by atoms with van der Waals surface area (Å²) in [6, 6.07) is -1.18. The van der Waals surface area contributed by atoms with Gasteiger partial charge < -0.3 is 13.9 Å². The van der Waals surface area contributed by atoms with Crippen molar-refractivity contribution in [2.24, 2.45) is 0 Å². The third kappa shape index (κ3) is 2.38. The maximum atomic E-state index is 8.51. The number of aryl methyl sites for hydroxylation is 1. The Balaban J connectivity index is 2.27. The van der Waals surface area contributed by atoms with E-state index < -0.39 is 67.3 Å². The zero-order valence-electron chi connectivity index (χ0n) is 20.2. The number of nitrogens with zero attached hydrogens (tertiary/aromatic N) is 3. The average Bonchev–Trinajstić information content (AvgIpc) is 2.99. The van der Waals surface area contributed by atoms with Gasteiger partial charge in [-0.25, -0.2) is 4.98 Å². The number of aromatic nitrogens is 3. The highest BCUT2D eigenvalue weighted by Crippen LogP contribution is 2.36. The molecule has 0 atom stereocenters. The van der Waals surface area contributed by atoms with Gasteiger partial charge in [-0.05, 0) is 46.6 Å². The van der Waals surface area contributed by atoms with E-state index in [1.165, 1.54) is 0 Å². The Hall–Kier alpha value is -1.66. The molecule has 1 fully saturated rings. The first-order valence-corrected chi connectivity index (χ1v) is 6.48. The molecule has 5 nitrogen and oxygen atoms in total. The van der Waals surface area contributed by atoms with Crippen LogP contribution in [0.4, 0.5) is 0 Å². The summed E-state index contributed by atoms with van der Waals surface area (Å²) in [5, 5.41) is 0. The van der Waals surface area contributed by atoms with Crippen LogP contribution in [0.5, 0.6) is 0 Å². The van der Waals surface area contributed by atoms with Crippen molar-refractivity contribution in [3.8, 4) is 5.69 Å². The van der Waals surface area contributed by atoms with Crippen LogP contribution < -0.4 is 5.59 Å². The van der Waals surface area contributed by atoms with Gasteiger partial charge in [0.15, 0.2) is 0 Å². The summed E-state index contributed by atoms with van der Waals surface area (Å²) in [5.41, 5.74) is -2.02. The van der Waals surface area contributed by atoms with Gasteiger partial charge in [0.1, 0.15) is 5.82 Å². The van der Waals surface area contributed by atoms with Crippen LogP contribution >= 0.6 is 0 Å². The van der Waals surface area contributed by atoms with Crippen LogP contribution in [0.1, 0.15) is 44.5 Å². The molecule has 3 rings (SSSR count). The molecule has 0 N–H and O–H groups in total. The standard InChI is InChI=1S/C15H20BN3O2/c1-11-18-13(10-19(11)12-7-6-8-17-9-12)16-20-14(2,3)15(4,5)21-16/h6-10H,1-5H3/i1D3,6D,7D,8D,9D,10D. The summed E-state index contributed by atoms with van der Waals surface area (Å²) in [6.07, 6.45) is -1.64. The fourth-order valence-corrected chi connectivity index (χ4v) is 1.91. The van der Waals surface area contributed by atoms with Crippen LogP contribution in [0.15, 0.2) is 30.6 Å². The zero-order chi connectivity index (χ0) is 22.1. The molecule has 0 bridgehead atoms. The predicted molar refractivity (Wildman–Crippen MR) is 81.8 cm³/mol. The lowest BCUT2D eigenvalue weighted by Crippen LogP contribution is -2.41. The molecule has 0 unspecified atom stereocenters. The van der Waals surface area contributed by atoms with Crippen molar-refractivity contribution in [1.82, 2.24) is 14.5 Å². The molecule has 6 heteroatoms. The highest BCUT2D eigenvalue weighted by atomic mass is 16.7. The molecule has 1 aliphatic heterocycles. The Morgan fingerprint density at radius 1 is 1.29 bits per heavy atom. The van der Waals surface area contributed by atoms with Crippen LogP contribution in [-0.2, 0) is 9.31 Å². The molecule has 2 aromatic heterocycles. The molecular formula is C15H20BN3O2. The lowest BCUT2D eigenvalue weighted by Gasteiger charge is -2.32. The van der Waals surface area contributed by atoms with E-state index in [2.05, 4.69) is 9.97 Å². The van der Waals surface area contributed by atoms with Gasteiger partial charge >= 0.3 is 7.12 Å². The van der Waals surface area contributed by atoms with Gasteiger partial charge in [-0.3, -0.25) is 4.98 Å². The molecule has 21 heavy (non-hydrogen) atoms. The second-order valence-electron chi connectivity index (χ2n) is 5.79. The van der Waals surface area contributed by atoms with Gasteiger partial charge in [0.25, 0.3) is 0 Å². The summed E-state index contributed by atoms with van der Waals surface area (Å²) in [4.78, 5) is 7.64. The monoisotopic (exact) mass is 293 g/mol. The first-order valence-electron chi connectivity index (χ1n) is 10.5. The second kappa shape index (κ2) is 4.68. The van der Waals surface area contributed by atoms with Crippen molar-refractivity contribution in [2.75, 3.05) is 0 Å². The molecule has 0 saturated carbocycles. The Morgan fingerprint density at radius 2 is 2.00 bits per heavy atom. The minimum atomic E-state index is -2.79.